The molecule has 0 radical (unpaired) electrons. The van der Waals surface area contributed by atoms with E-state index in [0.717, 1.165) is 44.7 Å². The quantitative estimate of drug-likeness (QED) is 0.748. The SMILES string of the molecule is Cc1nc(CCC(=O)N2CC[C@@H]3[C@@H](CCC(=O)N3CCCN)C2)n[nH]1.Cl. The van der Waals surface area contributed by atoms with Gasteiger partial charge in [-0.2, -0.15) is 5.10 Å². The first kappa shape index (κ1) is 20.6. The van der Waals surface area contributed by atoms with Crippen molar-refractivity contribution in [3.05, 3.63) is 11.6 Å². The Kier molecular flexibility index (Phi) is 7.40. The number of nitrogens with two attached hydrogens (primary N) is 1. The molecule has 2 fully saturated rings. The van der Waals surface area contributed by atoms with Crippen LogP contribution in [0.15, 0.2) is 0 Å². The van der Waals surface area contributed by atoms with E-state index in [0.29, 0.717) is 37.5 Å². The van der Waals surface area contributed by atoms with E-state index in [9.17, 15) is 9.59 Å². The molecule has 1 aromatic heterocycles. The molecule has 2 amide bonds. The Morgan fingerprint density at radius 1 is 1.38 bits per heavy atom. The molecule has 3 N–H and O–H groups in total. The van der Waals surface area contributed by atoms with E-state index in [2.05, 4.69) is 15.2 Å². The maximum Gasteiger partial charge on any atom is 0.223 e. The molecule has 0 aliphatic carbocycles. The van der Waals surface area contributed by atoms with Gasteiger partial charge in [0.25, 0.3) is 0 Å². The third-order valence-electron chi connectivity index (χ3n) is 5.31. The van der Waals surface area contributed by atoms with Gasteiger partial charge in [-0.3, -0.25) is 14.7 Å². The molecule has 146 valence electrons. The third-order valence-corrected chi connectivity index (χ3v) is 5.31. The topological polar surface area (TPSA) is 108 Å². The van der Waals surface area contributed by atoms with Crippen LogP contribution in [0, 0.1) is 12.8 Å². The summed E-state index contributed by atoms with van der Waals surface area (Å²) in [6.45, 7) is 4.67. The van der Waals surface area contributed by atoms with Crippen LogP contribution in [0.2, 0.25) is 0 Å². The third kappa shape index (κ3) is 4.73. The van der Waals surface area contributed by atoms with Crippen molar-refractivity contribution < 1.29 is 9.59 Å². The van der Waals surface area contributed by atoms with E-state index in [1.165, 1.54) is 0 Å². The zero-order valence-corrected chi connectivity index (χ0v) is 16.1. The largest absolute Gasteiger partial charge is 0.342 e. The number of aromatic nitrogens is 3. The van der Waals surface area contributed by atoms with E-state index < -0.39 is 0 Å². The summed E-state index contributed by atoms with van der Waals surface area (Å²) in [7, 11) is 0. The van der Waals surface area contributed by atoms with Crippen LogP contribution in [0.3, 0.4) is 0 Å². The lowest BCUT2D eigenvalue weighted by Gasteiger charge is -2.47. The minimum Gasteiger partial charge on any atom is -0.342 e. The first-order valence-electron chi connectivity index (χ1n) is 9.23. The Morgan fingerprint density at radius 2 is 2.19 bits per heavy atom. The highest BCUT2D eigenvalue weighted by Crippen LogP contribution is 2.31. The van der Waals surface area contributed by atoms with Crippen molar-refractivity contribution >= 4 is 24.2 Å². The second kappa shape index (κ2) is 9.32. The smallest absolute Gasteiger partial charge is 0.223 e. The van der Waals surface area contributed by atoms with Gasteiger partial charge in [0.15, 0.2) is 5.82 Å². The first-order valence-corrected chi connectivity index (χ1v) is 9.23. The van der Waals surface area contributed by atoms with Crippen LogP contribution in [-0.2, 0) is 16.0 Å². The molecule has 0 unspecified atom stereocenters. The number of fused-ring (bicyclic) bond motifs is 1. The lowest BCUT2D eigenvalue weighted by atomic mass is 9.83. The Hall–Kier alpha value is -1.67. The number of H-pyrrole nitrogens is 1. The fourth-order valence-electron chi connectivity index (χ4n) is 4.01. The molecule has 2 aliphatic heterocycles. The predicted octanol–water partition coefficient (Wildman–Crippen LogP) is 0.656. The van der Waals surface area contributed by atoms with Gasteiger partial charge in [-0.05, 0) is 38.6 Å². The fraction of sp³-hybridized carbons (Fsp3) is 0.765. The molecule has 0 bridgehead atoms. The number of rotatable bonds is 6. The number of nitrogens with one attached hydrogen (secondary N) is 1. The number of hydrogen-bond donors (Lipinski definition) is 2. The van der Waals surface area contributed by atoms with Gasteiger partial charge in [-0.1, -0.05) is 0 Å². The summed E-state index contributed by atoms with van der Waals surface area (Å²) in [5, 5.41) is 6.89. The van der Waals surface area contributed by atoms with Gasteiger partial charge in [0.05, 0.1) is 0 Å². The fourth-order valence-corrected chi connectivity index (χ4v) is 4.01. The van der Waals surface area contributed by atoms with E-state index >= 15 is 0 Å². The molecule has 9 heteroatoms. The summed E-state index contributed by atoms with van der Waals surface area (Å²) < 4.78 is 0. The highest BCUT2D eigenvalue weighted by Gasteiger charge is 2.39. The zero-order valence-electron chi connectivity index (χ0n) is 15.3. The number of carbonyl (C=O) groups is 2. The molecule has 8 nitrogen and oxygen atoms in total. The van der Waals surface area contributed by atoms with Crippen molar-refractivity contribution in [3.63, 3.8) is 0 Å². The molecule has 26 heavy (non-hydrogen) atoms. The number of aromatic amines is 1. The van der Waals surface area contributed by atoms with Crippen molar-refractivity contribution in [2.24, 2.45) is 11.7 Å². The molecule has 3 heterocycles. The normalized spacial score (nSPS) is 22.8. The van der Waals surface area contributed by atoms with Crippen LogP contribution < -0.4 is 5.73 Å². The molecular formula is C17H29ClN6O2. The van der Waals surface area contributed by atoms with Crippen molar-refractivity contribution in [1.29, 1.82) is 0 Å². The van der Waals surface area contributed by atoms with E-state index in [1.54, 1.807) is 0 Å². The summed E-state index contributed by atoms with van der Waals surface area (Å²) in [5.41, 5.74) is 5.60. The van der Waals surface area contributed by atoms with E-state index in [4.69, 9.17) is 5.73 Å². The number of halogens is 1. The van der Waals surface area contributed by atoms with Crippen molar-refractivity contribution in [3.8, 4) is 0 Å². The molecule has 2 aliphatic rings. The van der Waals surface area contributed by atoms with Crippen molar-refractivity contribution in [2.45, 2.75) is 51.5 Å². The molecular weight excluding hydrogens is 356 g/mol. The Labute approximate surface area is 160 Å². The predicted molar refractivity (Wildman–Crippen MR) is 99.8 cm³/mol. The van der Waals surface area contributed by atoms with Gasteiger partial charge < -0.3 is 15.5 Å². The molecule has 0 saturated carbocycles. The number of aryl methyl sites for hydroxylation is 2. The first-order chi connectivity index (χ1) is 12.1. The molecule has 2 atom stereocenters. The van der Waals surface area contributed by atoms with Crippen LogP contribution >= 0.6 is 12.4 Å². The molecule has 3 rings (SSSR count). The monoisotopic (exact) mass is 384 g/mol. The Bertz CT molecular complexity index is 622. The zero-order chi connectivity index (χ0) is 17.8. The number of piperidine rings is 2. The maximum absolute atomic E-state index is 12.5. The Morgan fingerprint density at radius 3 is 2.88 bits per heavy atom. The standard InChI is InChI=1S/C17H28N6O2.ClH/c1-12-19-15(21-20-12)4-6-16(24)22-10-7-14-13(11-22)3-5-17(25)23(14)9-2-8-18;/h13-14H,2-11,18H2,1H3,(H,19,20,21);1H/t13-,14+;/m0./s1. The summed E-state index contributed by atoms with van der Waals surface area (Å²) >= 11 is 0. The van der Waals surface area contributed by atoms with Crippen molar-refractivity contribution in [2.75, 3.05) is 26.2 Å². The number of carbonyl (C=O) groups excluding carboxylic acids is 2. The minimum absolute atomic E-state index is 0. The second-order valence-electron chi connectivity index (χ2n) is 7.06. The summed E-state index contributed by atoms with van der Waals surface area (Å²) in [5.74, 6) is 2.25. The number of amides is 2. The Balaban J connectivity index is 0.00000243. The van der Waals surface area contributed by atoms with Gasteiger partial charge in [0.1, 0.15) is 5.82 Å². The molecule has 0 spiro atoms. The summed E-state index contributed by atoms with van der Waals surface area (Å²) in [6.07, 6.45) is 4.18. The van der Waals surface area contributed by atoms with Crippen LogP contribution in [0.1, 0.15) is 43.8 Å². The van der Waals surface area contributed by atoms with Crippen LogP contribution in [0.25, 0.3) is 0 Å². The average Bonchev–Trinajstić information content (AvgIpc) is 3.04. The van der Waals surface area contributed by atoms with Gasteiger partial charge >= 0.3 is 0 Å². The minimum atomic E-state index is 0. The lowest BCUT2D eigenvalue weighted by molar-refractivity contribution is -0.144. The lowest BCUT2D eigenvalue weighted by Crippen LogP contribution is -2.57. The summed E-state index contributed by atoms with van der Waals surface area (Å²) in [6, 6.07) is 0.271. The van der Waals surface area contributed by atoms with Crippen LogP contribution in [0.5, 0.6) is 0 Å². The highest BCUT2D eigenvalue weighted by atomic mass is 35.5. The number of likely N-dealkylation sites (tertiary alicyclic amines) is 2. The van der Waals surface area contributed by atoms with Crippen LogP contribution in [0.4, 0.5) is 0 Å². The van der Waals surface area contributed by atoms with Gasteiger partial charge in [-0.25, -0.2) is 4.98 Å². The average molecular weight is 385 g/mol. The number of hydrogen-bond acceptors (Lipinski definition) is 5. The molecule has 2 saturated heterocycles. The maximum atomic E-state index is 12.5. The van der Waals surface area contributed by atoms with Crippen LogP contribution in [-0.4, -0.2) is 69.0 Å². The van der Waals surface area contributed by atoms with Gasteiger partial charge in [0.2, 0.25) is 11.8 Å². The van der Waals surface area contributed by atoms with Gasteiger partial charge in [0, 0.05) is 44.9 Å². The van der Waals surface area contributed by atoms with E-state index in [1.807, 2.05) is 16.7 Å². The van der Waals surface area contributed by atoms with E-state index in [-0.39, 0.29) is 30.3 Å². The summed E-state index contributed by atoms with van der Waals surface area (Å²) in [4.78, 5) is 33.0. The number of nitrogens with zero attached hydrogens (tertiary/aromatic N) is 4. The molecule has 0 aromatic carbocycles. The highest BCUT2D eigenvalue weighted by molar-refractivity contribution is 5.85. The van der Waals surface area contributed by atoms with Gasteiger partial charge in [-0.15, -0.1) is 12.4 Å². The van der Waals surface area contributed by atoms with Crippen molar-refractivity contribution in [1.82, 2.24) is 25.0 Å². The second-order valence-corrected chi connectivity index (χ2v) is 7.06. The molecule has 1 aromatic rings.